The molecule has 0 unspecified atom stereocenters. The van der Waals surface area contributed by atoms with E-state index in [1.165, 1.54) is 5.56 Å². The number of nitrogens with zero attached hydrogens (tertiary/aromatic N) is 3. The van der Waals surface area contributed by atoms with Crippen LogP contribution in [0.2, 0.25) is 0 Å². The van der Waals surface area contributed by atoms with Crippen molar-refractivity contribution in [3.8, 4) is 17.6 Å². The molecule has 0 aliphatic carbocycles. The number of carbonyl (C=O) groups excluding carboxylic acids is 1. The molecule has 2 aliphatic rings. The number of hydrogen-bond acceptors (Lipinski definition) is 5. The summed E-state index contributed by atoms with van der Waals surface area (Å²) in [5.74, 6) is 7.17. The highest BCUT2D eigenvalue weighted by molar-refractivity contribution is 5.89. The Labute approximate surface area is 218 Å². The van der Waals surface area contributed by atoms with Crippen LogP contribution in [0, 0.1) is 11.8 Å². The van der Waals surface area contributed by atoms with Crippen LogP contribution in [-0.4, -0.2) is 71.4 Å². The number of aliphatic hydroxyl groups is 1. The summed E-state index contributed by atoms with van der Waals surface area (Å²) < 4.78 is 5.21. The number of aliphatic hydroxyl groups excluding tert-OH is 1. The zero-order chi connectivity index (χ0) is 25.6. The maximum absolute atomic E-state index is 13.2. The molecule has 7 heteroatoms. The van der Waals surface area contributed by atoms with Gasteiger partial charge in [-0.1, -0.05) is 24.1 Å². The zero-order valence-electron chi connectivity index (χ0n) is 21.0. The van der Waals surface area contributed by atoms with Gasteiger partial charge in [-0.05, 0) is 79.4 Å². The number of aromatic nitrogens is 1. The summed E-state index contributed by atoms with van der Waals surface area (Å²) in [6.45, 7) is 2.36. The first kappa shape index (κ1) is 24.8. The van der Waals surface area contributed by atoms with Gasteiger partial charge in [0.15, 0.2) is 0 Å². The number of ether oxygens (including phenoxy) is 1. The van der Waals surface area contributed by atoms with Crippen molar-refractivity contribution < 1.29 is 14.6 Å². The minimum absolute atomic E-state index is 0.0556. The summed E-state index contributed by atoms with van der Waals surface area (Å²) >= 11 is 0. The van der Waals surface area contributed by atoms with Crippen molar-refractivity contribution in [2.45, 2.75) is 30.8 Å². The highest BCUT2D eigenvalue weighted by Gasteiger charge is 2.49. The van der Waals surface area contributed by atoms with Crippen molar-refractivity contribution in [3.05, 3.63) is 89.7 Å². The Balaban J connectivity index is 1.30. The van der Waals surface area contributed by atoms with E-state index in [0.29, 0.717) is 13.1 Å². The van der Waals surface area contributed by atoms with E-state index < -0.39 is 0 Å². The minimum atomic E-state index is -0.0987. The summed E-state index contributed by atoms with van der Waals surface area (Å²) in [4.78, 5) is 21.7. The van der Waals surface area contributed by atoms with Crippen LogP contribution in [0.1, 0.15) is 35.6 Å². The number of rotatable bonds is 4. The van der Waals surface area contributed by atoms with Gasteiger partial charge in [0.1, 0.15) is 11.4 Å². The van der Waals surface area contributed by atoms with Gasteiger partial charge in [-0.15, -0.1) is 0 Å². The van der Waals surface area contributed by atoms with Crippen LogP contribution >= 0.6 is 0 Å². The summed E-state index contributed by atoms with van der Waals surface area (Å²) in [5.41, 5.74) is 3.57. The van der Waals surface area contributed by atoms with Crippen LogP contribution in [-0.2, 0) is 0 Å². The Bertz CT molecular complexity index is 1250. The highest BCUT2D eigenvalue weighted by atomic mass is 16.5. The smallest absolute Gasteiger partial charge is 0.321 e. The van der Waals surface area contributed by atoms with Crippen LogP contribution in [0.3, 0.4) is 0 Å². The second-order valence-electron chi connectivity index (χ2n) is 9.48. The number of methoxy groups -OCH3 is 1. The van der Waals surface area contributed by atoms with E-state index in [2.05, 4.69) is 39.2 Å². The molecule has 2 fully saturated rings. The number of fused-ring (bicyclic) bond motifs is 1. The molecule has 0 saturated carbocycles. The van der Waals surface area contributed by atoms with Crippen LogP contribution in [0.25, 0.3) is 0 Å². The first-order chi connectivity index (χ1) is 18.2. The Morgan fingerprint density at radius 2 is 1.84 bits per heavy atom. The lowest BCUT2D eigenvalue weighted by Crippen LogP contribution is -2.68. The van der Waals surface area contributed by atoms with Crippen molar-refractivity contribution in [3.63, 3.8) is 0 Å². The number of anilines is 1. The molecule has 2 N–H and O–H groups in total. The standard InChI is InChI=1S/C30H32N4O3/c1-37-26-15-13-25(14-16-26)32-30(36)33-18-4-5-19-34-27(20-33)29(28(34)21-35)23-10-7-22(8-11-23)9-12-24-6-2-3-17-31-24/h2-3,6-8,10-11,13-17,27-29,35H,4-5,18-21H2,1H3,(H,32,36)/t27-,28-,29+/m0/s1. The number of pyridine rings is 1. The molecule has 5 rings (SSSR count). The van der Waals surface area contributed by atoms with Crippen molar-refractivity contribution in [2.75, 3.05) is 38.7 Å². The third kappa shape index (κ3) is 5.61. The Kier molecular flexibility index (Phi) is 7.69. The quantitative estimate of drug-likeness (QED) is 0.535. The molecule has 37 heavy (non-hydrogen) atoms. The number of amides is 2. The van der Waals surface area contributed by atoms with Gasteiger partial charge in [0.2, 0.25) is 0 Å². The molecule has 2 aromatic carbocycles. The van der Waals surface area contributed by atoms with Crippen LogP contribution in [0.5, 0.6) is 5.75 Å². The van der Waals surface area contributed by atoms with Gasteiger partial charge in [0.05, 0.1) is 13.7 Å². The predicted octanol–water partition coefficient (Wildman–Crippen LogP) is 3.95. The van der Waals surface area contributed by atoms with Crippen LogP contribution in [0.15, 0.2) is 72.9 Å². The molecule has 3 aromatic rings. The predicted molar refractivity (Wildman–Crippen MR) is 144 cm³/mol. The van der Waals surface area contributed by atoms with Crippen molar-refractivity contribution in [1.29, 1.82) is 0 Å². The second-order valence-corrected chi connectivity index (χ2v) is 9.48. The molecule has 2 aliphatic heterocycles. The molecule has 0 bridgehead atoms. The SMILES string of the molecule is COc1ccc(NC(=O)N2CCCCN3[C@@H](CO)[C@H](c4ccc(C#Cc5ccccn5)cc4)[C@@H]3C2)cc1. The first-order valence-corrected chi connectivity index (χ1v) is 12.8. The summed E-state index contributed by atoms with van der Waals surface area (Å²) in [6.07, 6.45) is 3.67. The lowest BCUT2D eigenvalue weighted by Gasteiger charge is -2.57. The molecule has 7 nitrogen and oxygen atoms in total. The lowest BCUT2D eigenvalue weighted by atomic mass is 9.74. The third-order valence-corrected chi connectivity index (χ3v) is 7.29. The number of urea groups is 1. The second kappa shape index (κ2) is 11.5. The number of nitrogens with one attached hydrogen (secondary N) is 1. The molecular formula is C30H32N4O3. The topological polar surface area (TPSA) is 77.9 Å². The van der Waals surface area contributed by atoms with E-state index in [1.807, 2.05) is 59.5 Å². The summed E-state index contributed by atoms with van der Waals surface area (Å²) in [5, 5.41) is 13.3. The molecule has 0 spiro atoms. The van der Waals surface area contributed by atoms with Crippen molar-refractivity contribution >= 4 is 11.7 Å². The lowest BCUT2D eigenvalue weighted by molar-refractivity contribution is -0.0585. The maximum Gasteiger partial charge on any atom is 0.321 e. The number of benzene rings is 2. The van der Waals surface area contributed by atoms with Crippen molar-refractivity contribution in [2.24, 2.45) is 0 Å². The van der Waals surface area contributed by atoms with Gasteiger partial charge >= 0.3 is 6.03 Å². The summed E-state index contributed by atoms with van der Waals surface area (Å²) in [6, 6.07) is 21.4. The average molecular weight is 497 g/mol. The zero-order valence-corrected chi connectivity index (χ0v) is 21.0. The van der Waals surface area contributed by atoms with Crippen molar-refractivity contribution in [1.82, 2.24) is 14.8 Å². The largest absolute Gasteiger partial charge is 0.497 e. The van der Waals surface area contributed by atoms with Gasteiger partial charge in [-0.2, -0.15) is 0 Å². The van der Waals surface area contributed by atoms with E-state index >= 15 is 0 Å². The Hall–Kier alpha value is -3.86. The molecular weight excluding hydrogens is 464 g/mol. The van der Waals surface area contributed by atoms with Gasteiger partial charge in [-0.3, -0.25) is 4.90 Å². The third-order valence-electron chi connectivity index (χ3n) is 7.29. The van der Waals surface area contributed by atoms with E-state index in [0.717, 1.165) is 42.1 Å². The van der Waals surface area contributed by atoms with Crippen LogP contribution in [0.4, 0.5) is 10.5 Å². The fourth-order valence-electron chi connectivity index (χ4n) is 5.36. The molecule has 1 aromatic heterocycles. The van der Waals surface area contributed by atoms with Gasteiger partial charge in [0.25, 0.3) is 0 Å². The fraction of sp³-hybridized carbons (Fsp3) is 0.333. The van der Waals surface area contributed by atoms with Gasteiger partial charge < -0.3 is 20.1 Å². The molecule has 3 atom stereocenters. The first-order valence-electron chi connectivity index (χ1n) is 12.8. The molecule has 2 saturated heterocycles. The number of hydrogen-bond donors (Lipinski definition) is 2. The van der Waals surface area contributed by atoms with E-state index in [9.17, 15) is 9.90 Å². The Morgan fingerprint density at radius 1 is 1.05 bits per heavy atom. The molecule has 0 radical (unpaired) electrons. The molecule has 190 valence electrons. The van der Waals surface area contributed by atoms with E-state index in [1.54, 1.807) is 13.3 Å². The maximum atomic E-state index is 13.2. The van der Waals surface area contributed by atoms with E-state index in [-0.39, 0.29) is 30.6 Å². The highest BCUT2D eigenvalue weighted by Crippen LogP contribution is 2.42. The van der Waals surface area contributed by atoms with Gasteiger partial charge in [-0.25, -0.2) is 9.78 Å². The summed E-state index contributed by atoms with van der Waals surface area (Å²) in [7, 11) is 1.62. The Morgan fingerprint density at radius 3 is 2.54 bits per heavy atom. The molecule has 3 heterocycles. The monoisotopic (exact) mass is 496 g/mol. The fourth-order valence-corrected chi connectivity index (χ4v) is 5.36. The normalized spacial score (nSPS) is 21.4. The number of carbonyl (C=O) groups is 1. The average Bonchev–Trinajstić information content (AvgIpc) is 2.92. The molecule has 2 amide bonds. The van der Waals surface area contributed by atoms with Gasteiger partial charge in [0, 0.05) is 48.5 Å². The van der Waals surface area contributed by atoms with Crippen LogP contribution < -0.4 is 10.1 Å². The minimum Gasteiger partial charge on any atom is -0.497 e. The van der Waals surface area contributed by atoms with E-state index in [4.69, 9.17) is 4.74 Å².